The van der Waals surface area contributed by atoms with Crippen LogP contribution in [0.3, 0.4) is 0 Å². The minimum absolute atomic E-state index is 0.00930. The third-order valence-corrected chi connectivity index (χ3v) is 5.56. The maximum atomic E-state index is 13.3. The van der Waals surface area contributed by atoms with Gasteiger partial charge in [-0.1, -0.05) is 52.0 Å². The summed E-state index contributed by atoms with van der Waals surface area (Å²) in [5.74, 6) is 0.168. The molecule has 0 saturated carbocycles. The predicted octanol–water partition coefficient (Wildman–Crippen LogP) is 5.05. The van der Waals surface area contributed by atoms with Gasteiger partial charge in [-0.3, -0.25) is 9.59 Å². The molecule has 2 aromatic rings. The van der Waals surface area contributed by atoms with Gasteiger partial charge < -0.3 is 15.0 Å². The van der Waals surface area contributed by atoms with Crippen molar-refractivity contribution in [1.82, 2.24) is 10.2 Å². The molecule has 0 saturated heterocycles. The quantitative estimate of drug-likeness (QED) is 0.530. The molecule has 0 fully saturated rings. The van der Waals surface area contributed by atoms with Crippen LogP contribution in [-0.2, 0) is 16.1 Å². The summed E-state index contributed by atoms with van der Waals surface area (Å²) < 4.78 is 19.1. The van der Waals surface area contributed by atoms with Crippen LogP contribution in [0.5, 0.6) is 5.75 Å². The molecule has 2 amide bonds. The molecule has 2 atom stereocenters. The van der Waals surface area contributed by atoms with Crippen LogP contribution in [0.25, 0.3) is 0 Å². The number of ether oxygens (including phenoxy) is 1. The van der Waals surface area contributed by atoms with E-state index in [2.05, 4.69) is 19.2 Å². The first-order valence-electron chi connectivity index (χ1n) is 11.3. The lowest BCUT2D eigenvalue weighted by Crippen LogP contribution is -2.51. The second-order valence-corrected chi connectivity index (χ2v) is 8.40. The van der Waals surface area contributed by atoms with Crippen molar-refractivity contribution in [3.63, 3.8) is 0 Å². The monoisotopic (exact) mass is 442 g/mol. The first-order valence-corrected chi connectivity index (χ1v) is 11.3. The van der Waals surface area contributed by atoms with E-state index in [1.807, 2.05) is 45.0 Å². The minimum atomic E-state index is -0.645. The van der Waals surface area contributed by atoms with Crippen LogP contribution >= 0.6 is 0 Å². The average molecular weight is 443 g/mol. The van der Waals surface area contributed by atoms with E-state index in [-0.39, 0.29) is 36.8 Å². The number of hydrogen-bond acceptors (Lipinski definition) is 3. The van der Waals surface area contributed by atoms with Crippen LogP contribution in [0.1, 0.15) is 64.5 Å². The molecule has 2 rings (SSSR count). The molecule has 0 aliphatic rings. The van der Waals surface area contributed by atoms with E-state index >= 15 is 0 Å². The van der Waals surface area contributed by atoms with Gasteiger partial charge in [0.2, 0.25) is 5.91 Å². The van der Waals surface area contributed by atoms with Crippen molar-refractivity contribution in [2.75, 3.05) is 6.61 Å². The number of hydrogen-bond donors (Lipinski definition) is 1. The molecule has 5 nitrogen and oxygen atoms in total. The Labute approximate surface area is 191 Å². The molecule has 6 heteroatoms. The zero-order valence-corrected chi connectivity index (χ0v) is 19.7. The van der Waals surface area contributed by atoms with Gasteiger partial charge in [0, 0.05) is 12.6 Å². The maximum Gasteiger partial charge on any atom is 0.261 e. The third kappa shape index (κ3) is 7.36. The molecule has 0 spiro atoms. The summed E-state index contributed by atoms with van der Waals surface area (Å²) in [7, 11) is 0. The summed E-state index contributed by atoms with van der Waals surface area (Å²) in [6, 6.07) is 13.0. The van der Waals surface area contributed by atoms with Crippen LogP contribution < -0.4 is 10.1 Å². The number of nitrogens with zero attached hydrogens (tertiary/aromatic N) is 1. The highest BCUT2D eigenvalue weighted by atomic mass is 19.1. The van der Waals surface area contributed by atoms with Crippen molar-refractivity contribution in [3.05, 3.63) is 65.5 Å². The first-order chi connectivity index (χ1) is 15.2. The normalized spacial score (nSPS) is 12.8. The fraction of sp³-hybridized carbons (Fsp3) is 0.462. The fourth-order valence-corrected chi connectivity index (χ4v) is 3.32. The molecule has 174 valence electrons. The Morgan fingerprint density at radius 3 is 2.12 bits per heavy atom. The van der Waals surface area contributed by atoms with Gasteiger partial charge in [-0.25, -0.2) is 4.39 Å². The smallest absolute Gasteiger partial charge is 0.261 e. The van der Waals surface area contributed by atoms with E-state index in [1.165, 1.54) is 22.6 Å². The molecule has 0 bridgehead atoms. The van der Waals surface area contributed by atoms with Crippen LogP contribution in [0.4, 0.5) is 4.39 Å². The van der Waals surface area contributed by atoms with E-state index in [4.69, 9.17) is 4.74 Å². The van der Waals surface area contributed by atoms with Crippen molar-refractivity contribution in [2.45, 2.75) is 72.0 Å². The van der Waals surface area contributed by atoms with Crippen molar-refractivity contribution in [2.24, 2.45) is 0 Å². The molecular weight excluding hydrogens is 407 g/mol. The number of carbonyl (C=O) groups excluding carboxylic acids is 2. The Morgan fingerprint density at radius 2 is 1.59 bits per heavy atom. The lowest BCUT2D eigenvalue weighted by molar-refractivity contribution is -0.143. The van der Waals surface area contributed by atoms with E-state index in [9.17, 15) is 14.0 Å². The van der Waals surface area contributed by atoms with Gasteiger partial charge in [0.25, 0.3) is 5.91 Å². The lowest BCUT2D eigenvalue weighted by atomic mass is 10.0. The number of amides is 2. The summed E-state index contributed by atoms with van der Waals surface area (Å²) in [4.78, 5) is 27.6. The molecule has 0 aliphatic heterocycles. The highest BCUT2D eigenvalue weighted by molar-refractivity contribution is 5.88. The molecule has 0 radical (unpaired) electrons. The molecule has 0 aliphatic carbocycles. The van der Waals surface area contributed by atoms with E-state index in [0.29, 0.717) is 18.1 Å². The van der Waals surface area contributed by atoms with Crippen LogP contribution in [0, 0.1) is 5.82 Å². The zero-order chi connectivity index (χ0) is 23.7. The number of carbonyl (C=O) groups is 2. The Bertz CT molecular complexity index is 866. The molecular formula is C26H35FN2O3. The second-order valence-electron chi connectivity index (χ2n) is 8.40. The van der Waals surface area contributed by atoms with E-state index < -0.39 is 6.04 Å². The van der Waals surface area contributed by atoms with Gasteiger partial charge in [0.1, 0.15) is 17.6 Å². The highest BCUT2D eigenvalue weighted by Crippen LogP contribution is 2.19. The van der Waals surface area contributed by atoms with Gasteiger partial charge in [0.15, 0.2) is 6.61 Å². The topological polar surface area (TPSA) is 58.6 Å². The number of nitrogens with one attached hydrogen (secondary N) is 1. The summed E-state index contributed by atoms with van der Waals surface area (Å²) in [6.45, 7) is 10.0. The van der Waals surface area contributed by atoms with Crippen molar-refractivity contribution >= 4 is 11.8 Å². The predicted molar refractivity (Wildman–Crippen MR) is 125 cm³/mol. The number of rotatable bonds is 11. The van der Waals surface area contributed by atoms with Crippen LogP contribution in [-0.4, -0.2) is 35.4 Å². The van der Waals surface area contributed by atoms with Crippen LogP contribution in [0.15, 0.2) is 48.5 Å². The van der Waals surface area contributed by atoms with Gasteiger partial charge in [-0.2, -0.15) is 0 Å². The summed E-state index contributed by atoms with van der Waals surface area (Å²) in [5, 5.41) is 2.97. The standard InChI is InChI=1S/C26H35FN2O3/c1-6-19(5)28-26(31)24(7-2)29(16-20-8-12-22(27)13-9-20)25(30)17-32-23-14-10-21(11-15-23)18(3)4/h8-15,18-19,24H,6-7,16-17H2,1-5H3,(H,28,31)/t19-,24+/m0/s1. The summed E-state index contributed by atoms with van der Waals surface area (Å²) >= 11 is 0. The lowest BCUT2D eigenvalue weighted by Gasteiger charge is -2.31. The van der Waals surface area contributed by atoms with Crippen LogP contribution in [0.2, 0.25) is 0 Å². The van der Waals surface area contributed by atoms with Crippen molar-refractivity contribution < 1.29 is 18.7 Å². The second kappa shape index (κ2) is 12.2. The van der Waals surface area contributed by atoms with Gasteiger partial charge in [-0.15, -0.1) is 0 Å². The maximum absolute atomic E-state index is 13.3. The van der Waals surface area contributed by atoms with Crippen molar-refractivity contribution in [3.8, 4) is 5.75 Å². The van der Waals surface area contributed by atoms with Gasteiger partial charge in [-0.05, 0) is 61.1 Å². The highest BCUT2D eigenvalue weighted by Gasteiger charge is 2.29. The number of benzene rings is 2. The SMILES string of the molecule is CC[C@H](C(=O)N[C@@H](C)CC)N(Cc1ccc(F)cc1)C(=O)COc1ccc(C(C)C)cc1. The Balaban J connectivity index is 2.18. The summed E-state index contributed by atoms with van der Waals surface area (Å²) in [6.07, 6.45) is 1.25. The average Bonchev–Trinajstić information content (AvgIpc) is 2.78. The third-order valence-electron chi connectivity index (χ3n) is 5.56. The Hall–Kier alpha value is -2.89. The Kier molecular flexibility index (Phi) is 9.69. The molecule has 0 heterocycles. The van der Waals surface area contributed by atoms with Crippen molar-refractivity contribution in [1.29, 1.82) is 0 Å². The Morgan fingerprint density at radius 1 is 0.969 bits per heavy atom. The fourth-order valence-electron chi connectivity index (χ4n) is 3.32. The molecule has 2 aromatic carbocycles. The summed E-state index contributed by atoms with van der Waals surface area (Å²) in [5.41, 5.74) is 1.94. The molecule has 0 unspecified atom stereocenters. The number of halogens is 1. The van der Waals surface area contributed by atoms with Gasteiger partial charge >= 0.3 is 0 Å². The minimum Gasteiger partial charge on any atom is -0.484 e. The zero-order valence-electron chi connectivity index (χ0n) is 19.7. The molecule has 0 aromatic heterocycles. The van der Waals surface area contributed by atoms with E-state index in [0.717, 1.165) is 12.0 Å². The largest absolute Gasteiger partial charge is 0.484 e. The van der Waals surface area contributed by atoms with E-state index in [1.54, 1.807) is 12.1 Å². The first kappa shape index (κ1) is 25.4. The van der Waals surface area contributed by atoms with Gasteiger partial charge in [0.05, 0.1) is 0 Å². The molecule has 32 heavy (non-hydrogen) atoms. The molecule has 1 N–H and O–H groups in total.